The van der Waals surface area contributed by atoms with Crippen molar-refractivity contribution in [2.24, 2.45) is 5.84 Å². The van der Waals surface area contributed by atoms with Gasteiger partial charge in [-0.2, -0.15) is 0 Å². The molecule has 4 nitrogen and oxygen atoms in total. The summed E-state index contributed by atoms with van der Waals surface area (Å²) in [6, 6.07) is 0. The summed E-state index contributed by atoms with van der Waals surface area (Å²) in [5.41, 5.74) is 0.959. The third-order valence-electron chi connectivity index (χ3n) is 1.98. The molecular weight excluding hydrogens is 166 g/mol. The maximum atomic E-state index is 11.2. The van der Waals surface area contributed by atoms with Crippen molar-refractivity contribution in [3.05, 3.63) is 23.9 Å². The molecule has 0 saturated carbocycles. The van der Waals surface area contributed by atoms with Crippen LogP contribution in [0, 0.1) is 0 Å². The molecule has 1 fully saturated rings. The summed E-state index contributed by atoms with van der Waals surface area (Å²) in [5.74, 6) is 5.71. The van der Waals surface area contributed by atoms with Crippen molar-refractivity contribution in [2.45, 2.75) is 6.92 Å². The number of nitrogens with two attached hydrogens (primary N) is 1. The van der Waals surface area contributed by atoms with Crippen LogP contribution >= 0.6 is 0 Å². The Hall–Kier alpha value is -1.29. The summed E-state index contributed by atoms with van der Waals surface area (Å²) < 4.78 is 0. The van der Waals surface area contributed by atoms with Gasteiger partial charge in [-0.25, -0.2) is 5.84 Å². The molecule has 0 radical (unpaired) electrons. The van der Waals surface area contributed by atoms with Crippen LogP contribution in [-0.2, 0) is 4.79 Å². The molecular formula is C9H15N3O. The lowest BCUT2D eigenvalue weighted by Crippen LogP contribution is -2.49. The topological polar surface area (TPSA) is 49.6 Å². The fourth-order valence-electron chi connectivity index (χ4n) is 1.15. The van der Waals surface area contributed by atoms with Crippen LogP contribution in [0.1, 0.15) is 6.92 Å². The van der Waals surface area contributed by atoms with Crippen LogP contribution in [0.25, 0.3) is 0 Å². The summed E-state index contributed by atoms with van der Waals surface area (Å²) in [6.07, 6.45) is 5.76. The lowest BCUT2D eigenvalue weighted by molar-refractivity contribution is -0.132. The Morgan fingerprint density at radius 1 is 1.46 bits per heavy atom. The van der Waals surface area contributed by atoms with Gasteiger partial charge in [0.1, 0.15) is 6.54 Å². The Kier molecular flexibility index (Phi) is 3.08. The lowest BCUT2D eigenvalue weighted by Gasteiger charge is -2.32. The summed E-state index contributed by atoms with van der Waals surface area (Å²) >= 11 is 0. The van der Waals surface area contributed by atoms with Crippen molar-refractivity contribution in [1.29, 1.82) is 0 Å². The molecule has 0 atom stereocenters. The zero-order valence-electron chi connectivity index (χ0n) is 8.03. The first-order valence-corrected chi connectivity index (χ1v) is 4.23. The number of carbonyl (C=O) groups is 1. The molecule has 13 heavy (non-hydrogen) atoms. The number of hydrogen-bond donors (Lipinski definition) is 1. The SMILES string of the molecule is C/C=C\C=C1\CN(C)C(=O)CN1N. The molecule has 1 heterocycles. The standard InChI is InChI=1S/C9H15N3O/c1-3-4-5-8-6-11(2)9(13)7-12(8)10/h3-5H,6-7,10H2,1-2H3/b4-3-,8-5-. The van der Waals surface area contributed by atoms with Crippen LogP contribution in [-0.4, -0.2) is 36.0 Å². The largest absolute Gasteiger partial charge is 0.338 e. The third-order valence-corrected chi connectivity index (χ3v) is 1.98. The Balaban J connectivity index is 2.71. The Bertz CT molecular complexity index is 258. The van der Waals surface area contributed by atoms with Crippen LogP contribution in [0.3, 0.4) is 0 Å². The molecule has 1 aliphatic heterocycles. The number of carbonyl (C=O) groups excluding carboxylic acids is 1. The first kappa shape index (κ1) is 9.80. The van der Waals surface area contributed by atoms with E-state index in [-0.39, 0.29) is 12.5 Å². The number of hydrogen-bond acceptors (Lipinski definition) is 3. The minimum atomic E-state index is 0.0557. The molecule has 2 N–H and O–H groups in total. The van der Waals surface area contributed by atoms with Gasteiger partial charge in [-0.15, -0.1) is 0 Å². The lowest BCUT2D eigenvalue weighted by atomic mass is 10.2. The molecule has 1 aliphatic rings. The molecule has 4 heteroatoms. The van der Waals surface area contributed by atoms with E-state index in [0.717, 1.165) is 5.70 Å². The van der Waals surface area contributed by atoms with Crippen molar-refractivity contribution in [3.8, 4) is 0 Å². The van der Waals surface area contributed by atoms with Gasteiger partial charge in [-0.1, -0.05) is 12.2 Å². The third kappa shape index (κ3) is 2.32. The zero-order chi connectivity index (χ0) is 9.84. The molecule has 0 unspecified atom stereocenters. The zero-order valence-corrected chi connectivity index (χ0v) is 8.03. The monoisotopic (exact) mass is 181 g/mol. The highest BCUT2D eigenvalue weighted by Crippen LogP contribution is 2.08. The van der Waals surface area contributed by atoms with Crippen LogP contribution in [0.4, 0.5) is 0 Å². The van der Waals surface area contributed by atoms with Gasteiger partial charge in [0, 0.05) is 12.7 Å². The number of rotatable bonds is 1. The van der Waals surface area contributed by atoms with E-state index in [1.165, 1.54) is 5.01 Å². The van der Waals surface area contributed by atoms with Crippen molar-refractivity contribution >= 4 is 5.91 Å². The van der Waals surface area contributed by atoms with Crippen LogP contribution < -0.4 is 5.84 Å². The fourth-order valence-corrected chi connectivity index (χ4v) is 1.15. The number of allylic oxidation sites excluding steroid dienone is 3. The van der Waals surface area contributed by atoms with Crippen molar-refractivity contribution in [2.75, 3.05) is 20.1 Å². The molecule has 0 aromatic carbocycles. The Morgan fingerprint density at radius 2 is 2.15 bits per heavy atom. The second-order valence-corrected chi connectivity index (χ2v) is 3.06. The van der Waals surface area contributed by atoms with Gasteiger partial charge in [0.05, 0.1) is 6.54 Å². The second-order valence-electron chi connectivity index (χ2n) is 3.06. The van der Waals surface area contributed by atoms with Gasteiger partial charge < -0.3 is 9.91 Å². The minimum Gasteiger partial charge on any atom is -0.338 e. The van der Waals surface area contributed by atoms with E-state index in [2.05, 4.69) is 0 Å². The normalized spacial score (nSPS) is 22.1. The number of piperazine rings is 1. The number of likely N-dealkylation sites (N-methyl/N-ethyl adjacent to an activating group) is 1. The number of amides is 1. The summed E-state index contributed by atoms with van der Waals surface area (Å²) in [7, 11) is 1.78. The van der Waals surface area contributed by atoms with Gasteiger partial charge in [0.2, 0.25) is 5.91 Å². The maximum absolute atomic E-state index is 11.2. The van der Waals surface area contributed by atoms with E-state index in [9.17, 15) is 4.79 Å². The predicted molar refractivity (Wildman–Crippen MR) is 51.4 cm³/mol. The molecule has 0 bridgehead atoms. The fraction of sp³-hybridized carbons (Fsp3) is 0.444. The van der Waals surface area contributed by atoms with Crippen LogP contribution in [0.2, 0.25) is 0 Å². The van der Waals surface area contributed by atoms with Gasteiger partial charge in [0.15, 0.2) is 0 Å². The van der Waals surface area contributed by atoms with Gasteiger partial charge in [-0.05, 0) is 13.0 Å². The van der Waals surface area contributed by atoms with Crippen LogP contribution in [0.15, 0.2) is 23.9 Å². The van der Waals surface area contributed by atoms with Crippen LogP contribution in [0.5, 0.6) is 0 Å². The van der Waals surface area contributed by atoms with Gasteiger partial charge in [0.25, 0.3) is 0 Å². The van der Waals surface area contributed by atoms with E-state index in [4.69, 9.17) is 5.84 Å². The number of nitrogens with zero attached hydrogens (tertiary/aromatic N) is 2. The second kappa shape index (κ2) is 4.09. The van der Waals surface area contributed by atoms with E-state index in [1.54, 1.807) is 11.9 Å². The van der Waals surface area contributed by atoms with Crippen molar-refractivity contribution < 1.29 is 4.79 Å². The molecule has 0 aliphatic carbocycles. The number of hydrazine groups is 1. The predicted octanol–water partition coefficient (Wildman–Crippen LogP) is 0.0941. The minimum absolute atomic E-state index is 0.0557. The van der Waals surface area contributed by atoms with Gasteiger partial charge >= 0.3 is 0 Å². The highest BCUT2D eigenvalue weighted by molar-refractivity contribution is 5.79. The van der Waals surface area contributed by atoms with Gasteiger partial charge in [-0.3, -0.25) is 4.79 Å². The van der Waals surface area contributed by atoms with Crippen molar-refractivity contribution in [1.82, 2.24) is 9.91 Å². The maximum Gasteiger partial charge on any atom is 0.243 e. The van der Waals surface area contributed by atoms with E-state index < -0.39 is 0 Å². The van der Waals surface area contributed by atoms with E-state index >= 15 is 0 Å². The average molecular weight is 181 g/mol. The van der Waals surface area contributed by atoms with Crippen molar-refractivity contribution in [3.63, 3.8) is 0 Å². The Labute approximate surface area is 78.3 Å². The quantitative estimate of drug-likeness (QED) is 0.583. The average Bonchev–Trinajstić information content (AvgIpc) is 2.09. The molecule has 0 aromatic rings. The summed E-state index contributed by atoms with van der Waals surface area (Å²) in [4.78, 5) is 12.8. The van der Waals surface area contributed by atoms with E-state index in [1.807, 2.05) is 25.2 Å². The van der Waals surface area contributed by atoms with E-state index in [0.29, 0.717) is 6.54 Å². The molecule has 1 rings (SSSR count). The summed E-state index contributed by atoms with van der Waals surface area (Å²) in [6.45, 7) is 2.79. The first-order chi connectivity index (χ1) is 6.15. The summed E-state index contributed by atoms with van der Waals surface area (Å²) in [5, 5.41) is 1.49. The smallest absolute Gasteiger partial charge is 0.243 e. The first-order valence-electron chi connectivity index (χ1n) is 4.23. The molecule has 0 aromatic heterocycles. The molecule has 1 amide bonds. The Morgan fingerprint density at radius 3 is 2.77 bits per heavy atom. The molecule has 0 spiro atoms. The highest BCUT2D eigenvalue weighted by Gasteiger charge is 2.21. The highest BCUT2D eigenvalue weighted by atomic mass is 16.2. The molecule has 1 saturated heterocycles. The molecule has 72 valence electrons.